The van der Waals surface area contributed by atoms with E-state index in [1.807, 2.05) is 12.1 Å². The molecule has 0 spiro atoms. The molecule has 5 heteroatoms. The van der Waals surface area contributed by atoms with Crippen LogP contribution in [0.2, 0.25) is 5.02 Å². The van der Waals surface area contributed by atoms with Gasteiger partial charge in [0.05, 0.1) is 22.5 Å². The van der Waals surface area contributed by atoms with Crippen LogP contribution in [-0.2, 0) is 26.4 Å². The predicted octanol–water partition coefficient (Wildman–Crippen LogP) is 3.68. The van der Waals surface area contributed by atoms with Crippen LogP contribution in [0.15, 0.2) is 18.3 Å². The molecule has 0 saturated carbocycles. The highest BCUT2D eigenvalue weighted by atomic mass is 35.5. The van der Waals surface area contributed by atoms with Gasteiger partial charge in [0.15, 0.2) is 0 Å². The molecule has 1 aliphatic carbocycles. The highest BCUT2D eigenvalue weighted by Crippen LogP contribution is 2.34. The lowest BCUT2D eigenvalue weighted by atomic mass is 10.0. The molecule has 4 rings (SSSR count). The molecule has 1 saturated heterocycles. The van der Waals surface area contributed by atoms with Crippen molar-refractivity contribution in [3.8, 4) is 0 Å². The van der Waals surface area contributed by atoms with Crippen LogP contribution in [0.25, 0.3) is 0 Å². The molecule has 1 aliphatic heterocycles. The van der Waals surface area contributed by atoms with Crippen molar-refractivity contribution >= 4 is 11.6 Å². The van der Waals surface area contributed by atoms with Crippen molar-refractivity contribution in [2.24, 2.45) is 7.05 Å². The monoisotopic (exact) mass is 330 g/mol. The average molecular weight is 331 g/mol. The van der Waals surface area contributed by atoms with E-state index in [4.69, 9.17) is 16.6 Å². The molecule has 2 aromatic rings. The molecule has 23 heavy (non-hydrogen) atoms. The molecule has 0 amide bonds. The van der Waals surface area contributed by atoms with E-state index in [1.165, 1.54) is 49.3 Å². The Morgan fingerprint density at radius 1 is 1.22 bits per heavy atom. The lowest BCUT2D eigenvalue weighted by Gasteiger charge is -2.24. The summed E-state index contributed by atoms with van der Waals surface area (Å²) >= 11 is 5.94. The van der Waals surface area contributed by atoms with E-state index in [1.54, 1.807) is 6.20 Å². The van der Waals surface area contributed by atoms with Crippen LogP contribution in [0.5, 0.6) is 0 Å². The fourth-order valence-electron chi connectivity index (χ4n) is 4.02. The van der Waals surface area contributed by atoms with Crippen molar-refractivity contribution in [2.75, 3.05) is 6.54 Å². The van der Waals surface area contributed by atoms with Crippen LogP contribution < -0.4 is 0 Å². The number of likely N-dealkylation sites (tertiary alicyclic amines) is 1. The van der Waals surface area contributed by atoms with Crippen LogP contribution in [-0.4, -0.2) is 26.0 Å². The fraction of sp³-hybridized carbons (Fsp3) is 0.556. The number of imidazole rings is 1. The highest BCUT2D eigenvalue weighted by molar-refractivity contribution is 6.30. The number of hydrogen-bond donors (Lipinski definition) is 0. The molecule has 122 valence electrons. The van der Waals surface area contributed by atoms with Crippen molar-refractivity contribution in [1.29, 1.82) is 0 Å². The summed E-state index contributed by atoms with van der Waals surface area (Å²) in [6, 6.07) is 4.37. The number of aryl methyl sites for hydroxylation is 1. The maximum atomic E-state index is 5.94. The summed E-state index contributed by atoms with van der Waals surface area (Å²) in [5.41, 5.74) is 3.88. The normalized spacial score (nSPS) is 21.6. The number of rotatable bonds is 3. The zero-order valence-corrected chi connectivity index (χ0v) is 14.4. The van der Waals surface area contributed by atoms with Gasteiger partial charge in [-0.1, -0.05) is 11.6 Å². The lowest BCUT2D eigenvalue weighted by molar-refractivity contribution is 0.233. The van der Waals surface area contributed by atoms with Crippen molar-refractivity contribution in [3.63, 3.8) is 0 Å². The Labute approximate surface area is 142 Å². The maximum absolute atomic E-state index is 5.94. The SMILES string of the molecule is Cn1c(C2CCCN2Cc2ccc(Cl)cn2)nc2c1CCCC2. The van der Waals surface area contributed by atoms with E-state index in [-0.39, 0.29) is 0 Å². The van der Waals surface area contributed by atoms with Crippen LogP contribution in [0.4, 0.5) is 0 Å². The third-order valence-electron chi connectivity index (χ3n) is 5.22. The maximum Gasteiger partial charge on any atom is 0.126 e. The molecule has 1 fully saturated rings. The van der Waals surface area contributed by atoms with Crippen molar-refractivity contribution in [3.05, 3.63) is 46.3 Å². The Morgan fingerprint density at radius 2 is 2.09 bits per heavy atom. The molecule has 0 radical (unpaired) electrons. The van der Waals surface area contributed by atoms with E-state index in [9.17, 15) is 0 Å². The van der Waals surface area contributed by atoms with Gasteiger partial charge in [-0.2, -0.15) is 0 Å². The van der Waals surface area contributed by atoms with Crippen molar-refractivity contribution < 1.29 is 0 Å². The number of pyridine rings is 1. The number of halogens is 1. The second-order valence-electron chi connectivity index (χ2n) is 6.73. The largest absolute Gasteiger partial charge is 0.334 e. The van der Waals surface area contributed by atoms with Crippen LogP contribution >= 0.6 is 11.6 Å². The van der Waals surface area contributed by atoms with Crippen LogP contribution in [0.1, 0.15) is 54.6 Å². The van der Waals surface area contributed by atoms with E-state index in [0.29, 0.717) is 11.1 Å². The van der Waals surface area contributed by atoms with Gasteiger partial charge in [0.2, 0.25) is 0 Å². The minimum atomic E-state index is 0.420. The molecule has 1 atom stereocenters. The summed E-state index contributed by atoms with van der Waals surface area (Å²) < 4.78 is 2.37. The molecule has 1 unspecified atom stereocenters. The van der Waals surface area contributed by atoms with Crippen LogP contribution in [0, 0.1) is 0 Å². The summed E-state index contributed by atoms with van der Waals surface area (Å²) in [5.74, 6) is 1.25. The molecule has 0 bridgehead atoms. The summed E-state index contributed by atoms with van der Waals surface area (Å²) in [4.78, 5) is 12.0. The molecular weight excluding hydrogens is 308 g/mol. The second-order valence-corrected chi connectivity index (χ2v) is 7.16. The summed E-state index contributed by atoms with van der Waals surface area (Å²) in [6.07, 6.45) is 9.08. The molecule has 4 nitrogen and oxygen atoms in total. The zero-order valence-electron chi connectivity index (χ0n) is 13.6. The topological polar surface area (TPSA) is 34.0 Å². The number of nitrogens with zero attached hydrogens (tertiary/aromatic N) is 4. The van der Waals surface area contributed by atoms with E-state index in [2.05, 4.69) is 21.5 Å². The Kier molecular flexibility index (Phi) is 4.12. The van der Waals surface area contributed by atoms with Gasteiger partial charge in [-0.25, -0.2) is 4.98 Å². The first-order valence-corrected chi connectivity index (χ1v) is 8.99. The Bertz CT molecular complexity index is 692. The predicted molar refractivity (Wildman–Crippen MR) is 91.5 cm³/mol. The molecule has 2 aliphatic rings. The number of hydrogen-bond acceptors (Lipinski definition) is 3. The van der Waals surface area contributed by atoms with Crippen LogP contribution in [0.3, 0.4) is 0 Å². The van der Waals surface area contributed by atoms with Gasteiger partial charge in [0.1, 0.15) is 5.82 Å². The molecule has 2 aromatic heterocycles. The summed E-state index contributed by atoms with van der Waals surface area (Å²) in [7, 11) is 2.20. The van der Waals surface area contributed by atoms with Gasteiger partial charge in [-0.05, 0) is 57.2 Å². The highest BCUT2D eigenvalue weighted by Gasteiger charge is 2.31. The van der Waals surface area contributed by atoms with Crippen molar-refractivity contribution in [1.82, 2.24) is 19.4 Å². The van der Waals surface area contributed by atoms with Gasteiger partial charge in [0, 0.05) is 25.5 Å². The minimum Gasteiger partial charge on any atom is -0.334 e. The molecular formula is C18H23ClN4. The zero-order chi connectivity index (χ0) is 15.8. The summed E-state index contributed by atoms with van der Waals surface area (Å²) in [5, 5.41) is 0.698. The van der Waals surface area contributed by atoms with Gasteiger partial charge in [-0.3, -0.25) is 9.88 Å². The first-order valence-electron chi connectivity index (χ1n) is 8.61. The standard InChI is InChI=1S/C18H23ClN4/c1-22-16-6-3-2-5-15(16)21-18(22)17-7-4-10-23(17)12-14-9-8-13(19)11-20-14/h8-9,11,17H,2-7,10,12H2,1H3. The Morgan fingerprint density at radius 3 is 2.87 bits per heavy atom. The number of aromatic nitrogens is 3. The molecule has 0 aromatic carbocycles. The summed E-state index contributed by atoms with van der Waals surface area (Å²) in [6.45, 7) is 1.99. The average Bonchev–Trinajstić information content (AvgIpc) is 3.14. The first-order chi connectivity index (χ1) is 11.2. The van der Waals surface area contributed by atoms with Gasteiger partial charge >= 0.3 is 0 Å². The molecule has 3 heterocycles. The van der Waals surface area contributed by atoms with E-state index < -0.39 is 0 Å². The third kappa shape index (κ3) is 2.90. The first kappa shape index (κ1) is 15.2. The van der Waals surface area contributed by atoms with Gasteiger partial charge in [0.25, 0.3) is 0 Å². The quantitative estimate of drug-likeness (QED) is 0.860. The van der Waals surface area contributed by atoms with E-state index in [0.717, 1.165) is 25.2 Å². The Hall–Kier alpha value is -1.39. The Balaban J connectivity index is 1.58. The van der Waals surface area contributed by atoms with Crippen molar-refractivity contribution in [2.45, 2.75) is 51.1 Å². The van der Waals surface area contributed by atoms with Gasteiger partial charge in [-0.15, -0.1) is 0 Å². The fourth-order valence-corrected chi connectivity index (χ4v) is 4.13. The third-order valence-corrected chi connectivity index (χ3v) is 5.45. The number of fused-ring (bicyclic) bond motifs is 1. The second kappa shape index (κ2) is 6.25. The van der Waals surface area contributed by atoms with Gasteiger partial charge < -0.3 is 4.57 Å². The van der Waals surface area contributed by atoms with E-state index >= 15 is 0 Å². The molecule has 0 N–H and O–H groups in total. The smallest absolute Gasteiger partial charge is 0.126 e. The minimum absolute atomic E-state index is 0.420. The lowest BCUT2D eigenvalue weighted by Crippen LogP contribution is -2.25.